The van der Waals surface area contributed by atoms with Crippen LogP contribution in [-0.2, 0) is 0 Å². The maximum atomic E-state index is 8.45. The molecule has 0 spiro atoms. The van der Waals surface area contributed by atoms with Gasteiger partial charge in [0.05, 0.1) is 5.71 Å². The molecule has 0 aromatic heterocycles. The number of rotatable bonds is 1. The molecule has 11 heavy (non-hydrogen) atoms. The fourth-order valence-electron chi connectivity index (χ4n) is 0.771. The summed E-state index contributed by atoms with van der Waals surface area (Å²) >= 11 is 3.32. The molecule has 0 aliphatic rings. The van der Waals surface area contributed by atoms with Gasteiger partial charge in [-0.1, -0.05) is 33.2 Å². The van der Waals surface area contributed by atoms with Crippen LogP contribution in [0.15, 0.2) is 33.9 Å². The smallest absolute Gasteiger partial charge is 0.0837 e. The van der Waals surface area contributed by atoms with Crippen LogP contribution < -0.4 is 0 Å². The van der Waals surface area contributed by atoms with Gasteiger partial charge >= 0.3 is 0 Å². The molecule has 1 rings (SSSR count). The van der Waals surface area contributed by atoms with Gasteiger partial charge < -0.3 is 5.21 Å². The standard InChI is InChI=1S/C8H8BrNO/c1-6(10-11)7-3-2-4-8(9)5-7/h2-5,11H,1H3/b10-6+. The van der Waals surface area contributed by atoms with Crippen molar-refractivity contribution in [2.45, 2.75) is 6.92 Å². The Morgan fingerprint density at radius 1 is 1.55 bits per heavy atom. The summed E-state index contributed by atoms with van der Waals surface area (Å²) in [5, 5.41) is 11.5. The number of nitrogens with zero attached hydrogens (tertiary/aromatic N) is 1. The molecule has 0 unspecified atom stereocenters. The molecule has 0 bridgehead atoms. The van der Waals surface area contributed by atoms with E-state index in [0.717, 1.165) is 10.0 Å². The molecule has 0 amide bonds. The molecular formula is C8H8BrNO. The molecule has 2 nitrogen and oxygen atoms in total. The molecule has 1 aromatic carbocycles. The van der Waals surface area contributed by atoms with E-state index in [9.17, 15) is 0 Å². The van der Waals surface area contributed by atoms with E-state index in [0.29, 0.717) is 5.71 Å². The molecule has 0 fully saturated rings. The Labute approximate surface area is 73.7 Å². The Morgan fingerprint density at radius 2 is 2.27 bits per heavy atom. The van der Waals surface area contributed by atoms with E-state index >= 15 is 0 Å². The highest BCUT2D eigenvalue weighted by molar-refractivity contribution is 9.10. The summed E-state index contributed by atoms with van der Waals surface area (Å²) in [5.41, 5.74) is 1.54. The summed E-state index contributed by atoms with van der Waals surface area (Å²) in [5.74, 6) is 0. The first kappa shape index (κ1) is 8.27. The van der Waals surface area contributed by atoms with E-state index < -0.39 is 0 Å². The Hall–Kier alpha value is -0.830. The topological polar surface area (TPSA) is 32.6 Å². The monoisotopic (exact) mass is 213 g/mol. The fourth-order valence-corrected chi connectivity index (χ4v) is 1.17. The van der Waals surface area contributed by atoms with Gasteiger partial charge in [0.25, 0.3) is 0 Å². The molecule has 0 aliphatic heterocycles. The third kappa shape index (κ3) is 2.05. The second-order valence-corrected chi connectivity index (χ2v) is 3.11. The van der Waals surface area contributed by atoms with Gasteiger partial charge in [-0.2, -0.15) is 0 Å². The number of hydrogen-bond donors (Lipinski definition) is 1. The number of benzene rings is 1. The number of hydrogen-bond acceptors (Lipinski definition) is 2. The Morgan fingerprint density at radius 3 is 2.82 bits per heavy atom. The van der Waals surface area contributed by atoms with Crippen molar-refractivity contribution in [2.24, 2.45) is 5.16 Å². The van der Waals surface area contributed by atoms with Gasteiger partial charge in [-0.3, -0.25) is 0 Å². The van der Waals surface area contributed by atoms with Gasteiger partial charge in [0.2, 0.25) is 0 Å². The van der Waals surface area contributed by atoms with Gasteiger partial charge in [0.15, 0.2) is 0 Å². The van der Waals surface area contributed by atoms with Gasteiger partial charge in [-0.25, -0.2) is 0 Å². The zero-order valence-corrected chi connectivity index (χ0v) is 7.67. The van der Waals surface area contributed by atoms with Gasteiger partial charge in [-0.05, 0) is 19.1 Å². The van der Waals surface area contributed by atoms with Crippen molar-refractivity contribution in [3.63, 3.8) is 0 Å². The lowest BCUT2D eigenvalue weighted by Gasteiger charge is -1.97. The normalized spacial score (nSPS) is 11.6. The predicted octanol–water partition coefficient (Wildman–Crippen LogP) is 2.65. The molecule has 58 valence electrons. The Balaban J connectivity index is 3.06. The summed E-state index contributed by atoms with van der Waals surface area (Å²) in [6.07, 6.45) is 0. The van der Waals surface area contributed by atoms with Crippen LogP contribution in [-0.4, -0.2) is 10.9 Å². The van der Waals surface area contributed by atoms with Crippen molar-refractivity contribution in [1.82, 2.24) is 0 Å². The molecule has 0 radical (unpaired) electrons. The minimum atomic E-state index is 0.617. The van der Waals surface area contributed by atoms with E-state index in [1.165, 1.54) is 0 Å². The summed E-state index contributed by atoms with van der Waals surface area (Å²) in [6, 6.07) is 7.61. The second kappa shape index (κ2) is 3.53. The first-order valence-electron chi connectivity index (χ1n) is 3.18. The molecule has 1 aromatic rings. The zero-order chi connectivity index (χ0) is 8.27. The Kier molecular flexibility index (Phi) is 2.65. The minimum Gasteiger partial charge on any atom is -0.411 e. The fraction of sp³-hybridized carbons (Fsp3) is 0.125. The zero-order valence-electron chi connectivity index (χ0n) is 6.08. The number of oxime groups is 1. The Bertz CT molecular complexity index is 283. The van der Waals surface area contributed by atoms with E-state index in [-0.39, 0.29) is 0 Å². The maximum Gasteiger partial charge on any atom is 0.0837 e. The van der Waals surface area contributed by atoms with Crippen molar-refractivity contribution in [3.8, 4) is 0 Å². The van der Waals surface area contributed by atoms with Crippen LogP contribution in [0.4, 0.5) is 0 Å². The van der Waals surface area contributed by atoms with Crippen LogP contribution in [0.2, 0.25) is 0 Å². The molecule has 0 aliphatic carbocycles. The molecule has 0 atom stereocenters. The summed E-state index contributed by atoms with van der Waals surface area (Å²) < 4.78 is 0.984. The lowest BCUT2D eigenvalue weighted by molar-refractivity contribution is 0.319. The molecule has 3 heteroatoms. The summed E-state index contributed by atoms with van der Waals surface area (Å²) in [7, 11) is 0. The summed E-state index contributed by atoms with van der Waals surface area (Å²) in [4.78, 5) is 0. The van der Waals surface area contributed by atoms with Crippen LogP contribution in [0.1, 0.15) is 12.5 Å². The van der Waals surface area contributed by atoms with Crippen molar-refractivity contribution in [2.75, 3.05) is 0 Å². The van der Waals surface area contributed by atoms with Crippen LogP contribution in [0, 0.1) is 0 Å². The van der Waals surface area contributed by atoms with Crippen LogP contribution in [0.5, 0.6) is 0 Å². The quantitative estimate of drug-likeness (QED) is 0.435. The maximum absolute atomic E-state index is 8.45. The first-order chi connectivity index (χ1) is 5.24. The van der Waals surface area contributed by atoms with E-state index in [1.807, 2.05) is 24.3 Å². The molecule has 0 saturated carbocycles. The lowest BCUT2D eigenvalue weighted by Crippen LogP contribution is -1.92. The van der Waals surface area contributed by atoms with E-state index in [1.54, 1.807) is 6.92 Å². The third-order valence-electron chi connectivity index (χ3n) is 1.39. The van der Waals surface area contributed by atoms with Gasteiger partial charge in [-0.15, -0.1) is 0 Å². The van der Waals surface area contributed by atoms with Crippen molar-refractivity contribution < 1.29 is 5.21 Å². The van der Waals surface area contributed by atoms with Gasteiger partial charge in [0.1, 0.15) is 0 Å². The average Bonchev–Trinajstić information content (AvgIpc) is 2.03. The second-order valence-electron chi connectivity index (χ2n) is 2.20. The van der Waals surface area contributed by atoms with Crippen molar-refractivity contribution in [3.05, 3.63) is 34.3 Å². The van der Waals surface area contributed by atoms with Crippen LogP contribution in [0.25, 0.3) is 0 Å². The molecular weight excluding hydrogens is 206 g/mol. The molecule has 0 saturated heterocycles. The highest BCUT2D eigenvalue weighted by atomic mass is 79.9. The van der Waals surface area contributed by atoms with Crippen LogP contribution >= 0.6 is 15.9 Å². The third-order valence-corrected chi connectivity index (χ3v) is 1.89. The van der Waals surface area contributed by atoms with Crippen LogP contribution in [0.3, 0.4) is 0 Å². The highest BCUT2D eigenvalue weighted by Crippen LogP contribution is 2.11. The van der Waals surface area contributed by atoms with Crippen molar-refractivity contribution in [1.29, 1.82) is 0 Å². The minimum absolute atomic E-state index is 0.617. The van der Waals surface area contributed by atoms with Crippen molar-refractivity contribution >= 4 is 21.6 Å². The predicted molar refractivity (Wildman–Crippen MR) is 48.1 cm³/mol. The van der Waals surface area contributed by atoms with E-state index in [2.05, 4.69) is 21.1 Å². The summed E-state index contributed by atoms with van der Waals surface area (Å²) in [6.45, 7) is 1.75. The SMILES string of the molecule is C/C(=N\O)c1cccc(Br)c1. The average molecular weight is 214 g/mol. The molecule has 1 N–H and O–H groups in total. The molecule has 0 heterocycles. The highest BCUT2D eigenvalue weighted by Gasteiger charge is 1.96. The largest absolute Gasteiger partial charge is 0.411 e. The first-order valence-corrected chi connectivity index (χ1v) is 3.98. The van der Waals surface area contributed by atoms with E-state index in [4.69, 9.17) is 5.21 Å². The van der Waals surface area contributed by atoms with Gasteiger partial charge in [0, 0.05) is 10.0 Å². The lowest BCUT2D eigenvalue weighted by atomic mass is 10.1. The number of halogens is 1.